The van der Waals surface area contributed by atoms with Gasteiger partial charge in [0.15, 0.2) is 0 Å². The number of aromatic nitrogens is 1. The number of nitrogen functional groups attached to an aromatic ring is 1. The minimum Gasteiger partial charge on any atom is -0.494 e. The fraction of sp³-hybridized carbons (Fsp3) is 0.182. The number of nitrogens with two attached hydrogens (primary N) is 1. The third-order valence-corrected chi connectivity index (χ3v) is 2.82. The molecule has 1 heterocycles. The minimum absolute atomic E-state index is 0.0656. The maximum Gasteiger partial charge on any atom is 0.211 e. The number of rotatable bonds is 1. The summed E-state index contributed by atoms with van der Waals surface area (Å²) in [6.07, 6.45) is 0. The zero-order valence-electron chi connectivity index (χ0n) is 8.91. The molecular formula is C11H11ClN2O2. The summed E-state index contributed by atoms with van der Waals surface area (Å²) in [7, 11) is 1.52. The number of nitrogens with zero attached hydrogens (tertiary/aromatic N) is 1. The molecule has 4 nitrogen and oxygen atoms in total. The lowest BCUT2D eigenvalue weighted by molar-refractivity contribution is 0.417. The molecule has 0 saturated heterocycles. The molecule has 2 rings (SSSR count). The van der Waals surface area contributed by atoms with Crippen molar-refractivity contribution < 1.29 is 9.84 Å². The Morgan fingerprint density at radius 3 is 2.75 bits per heavy atom. The van der Waals surface area contributed by atoms with Crippen LogP contribution in [0.1, 0.15) is 5.56 Å². The number of aromatic hydroxyl groups is 1. The van der Waals surface area contributed by atoms with E-state index in [0.717, 1.165) is 5.56 Å². The summed E-state index contributed by atoms with van der Waals surface area (Å²) in [5, 5.41) is 10.6. The van der Waals surface area contributed by atoms with Crippen molar-refractivity contribution in [3.05, 3.63) is 22.7 Å². The highest BCUT2D eigenvalue weighted by Gasteiger charge is 2.13. The van der Waals surface area contributed by atoms with Gasteiger partial charge in [0.2, 0.25) is 5.88 Å². The van der Waals surface area contributed by atoms with Gasteiger partial charge in [0.05, 0.1) is 17.8 Å². The summed E-state index contributed by atoms with van der Waals surface area (Å²) >= 11 is 6.11. The van der Waals surface area contributed by atoms with Crippen molar-refractivity contribution in [2.45, 2.75) is 6.92 Å². The first-order chi connectivity index (χ1) is 7.54. The van der Waals surface area contributed by atoms with Crippen molar-refractivity contribution in [3.63, 3.8) is 0 Å². The molecule has 0 fully saturated rings. The maximum absolute atomic E-state index is 9.45. The molecule has 0 radical (unpaired) electrons. The average molecular weight is 239 g/mol. The van der Waals surface area contributed by atoms with Gasteiger partial charge < -0.3 is 15.6 Å². The molecular weight excluding hydrogens is 228 g/mol. The monoisotopic (exact) mass is 238 g/mol. The second-order valence-electron chi connectivity index (χ2n) is 3.50. The highest BCUT2D eigenvalue weighted by Crippen LogP contribution is 2.37. The fourth-order valence-corrected chi connectivity index (χ4v) is 1.98. The van der Waals surface area contributed by atoms with Crippen molar-refractivity contribution in [1.82, 2.24) is 4.98 Å². The van der Waals surface area contributed by atoms with E-state index in [1.807, 2.05) is 6.92 Å². The highest BCUT2D eigenvalue weighted by molar-refractivity contribution is 6.38. The Balaban J connectivity index is 2.98. The first kappa shape index (κ1) is 10.8. The Kier molecular flexibility index (Phi) is 2.52. The van der Waals surface area contributed by atoms with Gasteiger partial charge in [-0.1, -0.05) is 11.6 Å². The zero-order chi connectivity index (χ0) is 11.9. The predicted molar refractivity (Wildman–Crippen MR) is 64.1 cm³/mol. The summed E-state index contributed by atoms with van der Waals surface area (Å²) in [6, 6.07) is 3.13. The van der Waals surface area contributed by atoms with E-state index in [-0.39, 0.29) is 5.88 Å². The first-order valence-corrected chi connectivity index (χ1v) is 5.04. The number of anilines is 1. The number of pyridine rings is 1. The number of hydrogen-bond acceptors (Lipinski definition) is 4. The van der Waals surface area contributed by atoms with Crippen LogP contribution in [-0.2, 0) is 0 Å². The molecule has 0 unspecified atom stereocenters. The van der Waals surface area contributed by atoms with Gasteiger partial charge in [0.25, 0.3) is 0 Å². The van der Waals surface area contributed by atoms with E-state index in [0.29, 0.717) is 27.4 Å². The van der Waals surface area contributed by atoms with Crippen LogP contribution in [0.3, 0.4) is 0 Å². The van der Waals surface area contributed by atoms with Crippen LogP contribution in [0.5, 0.6) is 11.6 Å². The van der Waals surface area contributed by atoms with Crippen LogP contribution < -0.4 is 10.5 Å². The van der Waals surface area contributed by atoms with Crippen molar-refractivity contribution in [2.75, 3.05) is 12.8 Å². The van der Waals surface area contributed by atoms with Crippen LogP contribution in [0, 0.1) is 6.92 Å². The van der Waals surface area contributed by atoms with Crippen LogP contribution in [-0.4, -0.2) is 17.2 Å². The second-order valence-corrected chi connectivity index (χ2v) is 3.88. The van der Waals surface area contributed by atoms with Crippen LogP contribution in [0.4, 0.5) is 5.69 Å². The van der Waals surface area contributed by atoms with Gasteiger partial charge in [-0.2, -0.15) is 0 Å². The summed E-state index contributed by atoms with van der Waals surface area (Å²) in [5.41, 5.74) is 7.52. The van der Waals surface area contributed by atoms with Crippen molar-refractivity contribution >= 4 is 28.2 Å². The van der Waals surface area contributed by atoms with E-state index in [1.165, 1.54) is 13.2 Å². The zero-order valence-corrected chi connectivity index (χ0v) is 9.67. The largest absolute Gasteiger partial charge is 0.494 e. The molecule has 5 heteroatoms. The lowest BCUT2D eigenvalue weighted by Gasteiger charge is -2.11. The molecule has 0 aliphatic rings. The SMILES string of the molecule is COc1cc(N)c(Cl)c2c(C)cc(O)nc12. The van der Waals surface area contributed by atoms with Crippen LogP contribution >= 0.6 is 11.6 Å². The van der Waals surface area contributed by atoms with Gasteiger partial charge in [-0.15, -0.1) is 0 Å². The Hall–Kier alpha value is -1.68. The van der Waals surface area contributed by atoms with Crippen molar-refractivity contribution in [2.24, 2.45) is 0 Å². The second kappa shape index (κ2) is 3.72. The number of hydrogen-bond donors (Lipinski definition) is 2. The summed E-state index contributed by atoms with van der Waals surface area (Å²) < 4.78 is 5.16. The Labute approximate surface area is 97.6 Å². The first-order valence-electron chi connectivity index (χ1n) is 4.67. The Bertz CT molecular complexity index is 570. The molecule has 0 saturated carbocycles. The fourth-order valence-electron chi connectivity index (χ4n) is 1.68. The summed E-state index contributed by atoms with van der Waals surface area (Å²) in [6.45, 7) is 1.83. The van der Waals surface area contributed by atoms with Gasteiger partial charge in [0, 0.05) is 17.5 Å². The van der Waals surface area contributed by atoms with Gasteiger partial charge in [-0.05, 0) is 12.5 Å². The number of methoxy groups -OCH3 is 1. The number of halogens is 1. The standard InChI is InChI=1S/C11H11ClN2O2/c1-5-3-8(15)14-11-7(16-2)4-6(13)10(12)9(5)11/h3-4H,13H2,1-2H3,(H,14,15). The lowest BCUT2D eigenvalue weighted by atomic mass is 10.1. The maximum atomic E-state index is 9.45. The minimum atomic E-state index is -0.0656. The predicted octanol–water partition coefficient (Wildman–Crippen LogP) is 2.49. The molecule has 1 aromatic heterocycles. The van der Waals surface area contributed by atoms with Crippen LogP contribution in [0.25, 0.3) is 10.9 Å². The third-order valence-electron chi connectivity index (χ3n) is 2.42. The molecule has 0 amide bonds. The number of fused-ring (bicyclic) bond motifs is 1. The molecule has 0 spiro atoms. The van der Waals surface area contributed by atoms with E-state index in [9.17, 15) is 5.11 Å². The average Bonchev–Trinajstić information content (AvgIpc) is 2.22. The summed E-state index contributed by atoms with van der Waals surface area (Å²) in [4.78, 5) is 4.00. The molecule has 0 bridgehead atoms. The lowest BCUT2D eigenvalue weighted by Crippen LogP contribution is -1.95. The van der Waals surface area contributed by atoms with Gasteiger partial charge in [0.1, 0.15) is 11.3 Å². The van der Waals surface area contributed by atoms with E-state index in [2.05, 4.69) is 4.98 Å². The molecule has 3 N–H and O–H groups in total. The molecule has 0 atom stereocenters. The number of benzene rings is 1. The van der Waals surface area contributed by atoms with Crippen molar-refractivity contribution in [3.8, 4) is 11.6 Å². The van der Waals surface area contributed by atoms with E-state index in [1.54, 1.807) is 6.07 Å². The Morgan fingerprint density at radius 2 is 2.12 bits per heavy atom. The normalized spacial score (nSPS) is 10.7. The molecule has 16 heavy (non-hydrogen) atoms. The Morgan fingerprint density at radius 1 is 1.44 bits per heavy atom. The van der Waals surface area contributed by atoms with E-state index in [4.69, 9.17) is 22.1 Å². The number of ether oxygens (including phenoxy) is 1. The highest BCUT2D eigenvalue weighted by atomic mass is 35.5. The molecule has 0 aliphatic heterocycles. The van der Waals surface area contributed by atoms with Crippen LogP contribution in [0.2, 0.25) is 5.02 Å². The molecule has 2 aromatic rings. The van der Waals surface area contributed by atoms with Gasteiger partial charge in [-0.3, -0.25) is 0 Å². The number of aryl methyl sites for hydroxylation is 1. The van der Waals surface area contributed by atoms with Crippen molar-refractivity contribution in [1.29, 1.82) is 0 Å². The van der Waals surface area contributed by atoms with E-state index < -0.39 is 0 Å². The van der Waals surface area contributed by atoms with Crippen LogP contribution in [0.15, 0.2) is 12.1 Å². The topological polar surface area (TPSA) is 68.4 Å². The van der Waals surface area contributed by atoms with Gasteiger partial charge >= 0.3 is 0 Å². The molecule has 84 valence electrons. The molecule has 1 aromatic carbocycles. The molecule has 0 aliphatic carbocycles. The summed E-state index contributed by atoms with van der Waals surface area (Å²) in [5.74, 6) is 0.431. The smallest absolute Gasteiger partial charge is 0.211 e. The third kappa shape index (κ3) is 1.51. The van der Waals surface area contributed by atoms with E-state index >= 15 is 0 Å². The quantitative estimate of drug-likeness (QED) is 0.749. The van der Waals surface area contributed by atoms with Gasteiger partial charge in [-0.25, -0.2) is 4.98 Å².